The van der Waals surface area contributed by atoms with Crippen molar-refractivity contribution in [2.24, 2.45) is 0 Å². The van der Waals surface area contributed by atoms with Gasteiger partial charge in [0.1, 0.15) is 11.2 Å². The summed E-state index contributed by atoms with van der Waals surface area (Å²) < 4.78 is 24.8. The standard InChI is InChI=1S/C8H5ClF2N2/c1-4-6(8(10)11)5(2-12)3-13-7(4)9/h3,8H,1H3. The Kier molecular flexibility index (Phi) is 2.79. The Morgan fingerprint density at radius 3 is 2.69 bits per heavy atom. The van der Waals surface area contributed by atoms with Crippen LogP contribution in [0.5, 0.6) is 0 Å². The summed E-state index contributed by atoms with van der Waals surface area (Å²) in [5.41, 5.74) is -0.296. The van der Waals surface area contributed by atoms with Crippen LogP contribution in [0.3, 0.4) is 0 Å². The quantitative estimate of drug-likeness (QED) is 0.657. The van der Waals surface area contributed by atoms with E-state index >= 15 is 0 Å². The summed E-state index contributed by atoms with van der Waals surface area (Å²) in [6.45, 7) is 1.41. The first kappa shape index (κ1) is 9.87. The van der Waals surface area contributed by atoms with E-state index < -0.39 is 6.43 Å². The molecule has 0 fully saturated rings. The molecule has 0 aliphatic heterocycles. The fraction of sp³-hybridized carbons (Fsp3) is 0.250. The molecule has 0 atom stereocenters. The van der Waals surface area contributed by atoms with Gasteiger partial charge in [-0.25, -0.2) is 13.8 Å². The van der Waals surface area contributed by atoms with E-state index in [1.165, 1.54) is 6.92 Å². The van der Waals surface area contributed by atoms with Crippen molar-refractivity contribution in [1.82, 2.24) is 4.98 Å². The third kappa shape index (κ3) is 1.76. The molecule has 68 valence electrons. The van der Waals surface area contributed by atoms with E-state index in [0.717, 1.165) is 6.20 Å². The number of pyridine rings is 1. The molecule has 0 spiro atoms. The Labute approximate surface area is 78.8 Å². The van der Waals surface area contributed by atoms with Gasteiger partial charge in [-0.05, 0) is 12.5 Å². The van der Waals surface area contributed by atoms with E-state index in [2.05, 4.69) is 4.98 Å². The average Bonchev–Trinajstić information content (AvgIpc) is 2.08. The van der Waals surface area contributed by atoms with Crippen molar-refractivity contribution in [1.29, 1.82) is 5.26 Å². The summed E-state index contributed by atoms with van der Waals surface area (Å²) >= 11 is 5.53. The molecule has 1 heterocycles. The zero-order chi connectivity index (χ0) is 10.0. The van der Waals surface area contributed by atoms with Gasteiger partial charge in [0.25, 0.3) is 6.43 Å². The first-order chi connectivity index (χ1) is 6.07. The second-order valence-electron chi connectivity index (χ2n) is 2.41. The van der Waals surface area contributed by atoms with Crippen LogP contribution in [0.4, 0.5) is 8.78 Å². The maximum absolute atomic E-state index is 12.4. The van der Waals surface area contributed by atoms with Crippen molar-refractivity contribution < 1.29 is 8.78 Å². The molecular formula is C8H5ClF2N2. The summed E-state index contributed by atoms with van der Waals surface area (Å²) in [7, 11) is 0. The van der Waals surface area contributed by atoms with Crippen LogP contribution in [0.2, 0.25) is 5.15 Å². The van der Waals surface area contributed by atoms with E-state index in [1.807, 2.05) is 0 Å². The first-order valence-electron chi connectivity index (χ1n) is 3.41. The van der Waals surface area contributed by atoms with Gasteiger partial charge in [0.2, 0.25) is 0 Å². The molecule has 5 heteroatoms. The number of nitriles is 1. The van der Waals surface area contributed by atoms with E-state index in [4.69, 9.17) is 16.9 Å². The highest BCUT2D eigenvalue weighted by Gasteiger charge is 2.18. The lowest BCUT2D eigenvalue weighted by Crippen LogP contribution is -1.97. The lowest BCUT2D eigenvalue weighted by Gasteiger charge is -2.06. The molecule has 0 amide bonds. The molecule has 0 aliphatic carbocycles. The van der Waals surface area contributed by atoms with Crippen molar-refractivity contribution in [3.63, 3.8) is 0 Å². The van der Waals surface area contributed by atoms with E-state index in [0.29, 0.717) is 0 Å². The van der Waals surface area contributed by atoms with Crippen LogP contribution < -0.4 is 0 Å². The summed E-state index contributed by atoms with van der Waals surface area (Å²) in [6, 6.07) is 1.64. The fourth-order valence-corrected chi connectivity index (χ4v) is 1.12. The predicted molar refractivity (Wildman–Crippen MR) is 43.7 cm³/mol. The van der Waals surface area contributed by atoms with E-state index in [9.17, 15) is 8.78 Å². The number of halogens is 3. The SMILES string of the molecule is Cc1c(Cl)ncc(C#N)c1C(F)F. The molecule has 1 aromatic rings. The molecule has 2 nitrogen and oxygen atoms in total. The lowest BCUT2D eigenvalue weighted by atomic mass is 10.1. The highest BCUT2D eigenvalue weighted by atomic mass is 35.5. The highest BCUT2D eigenvalue weighted by molar-refractivity contribution is 6.30. The smallest absolute Gasteiger partial charge is 0.243 e. The van der Waals surface area contributed by atoms with Gasteiger partial charge in [-0.15, -0.1) is 0 Å². The molecule has 0 aromatic carbocycles. The number of nitrogens with zero attached hydrogens (tertiary/aromatic N) is 2. The average molecular weight is 203 g/mol. The van der Waals surface area contributed by atoms with E-state index in [1.54, 1.807) is 6.07 Å². The Bertz CT molecular complexity index is 371. The van der Waals surface area contributed by atoms with Gasteiger partial charge in [-0.2, -0.15) is 5.26 Å². The molecule has 0 bridgehead atoms. The van der Waals surface area contributed by atoms with Gasteiger partial charge >= 0.3 is 0 Å². The third-order valence-electron chi connectivity index (χ3n) is 1.65. The van der Waals surface area contributed by atoms with Gasteiger partial charge in [0, 0.05) is 11.8 Å². The van der Waals surface area contributed by atoms with Gasteiger partial charge in [0.15, 0.2) is 0 Å². The summed E-state index contributed by atoms with van der Waals surface area (Å²) in [5.74, 6) is 0. The number of hydrogen-bond donors (Lipinski definition) is 0. The summed E-state index contributed by atoms with van der Waals surface area (Å²) in [5, 5.41) is 8.52. The van der Waals surface area contributed by atoms with E-state index in [-0.39, 0.29) is 21.8 Å². The molecule has 0 saturated carbocycles. The minimum Gasteiger partial charge on any atom is -0.243 e. The van der Waals surface area contributed by atoms with Crippen LogP contribution in [0, 0.1) is 18.3 Å². The molecule has 0 N–H and O–H groups in total. The van der Waals surface area contributed by atoms with Crippen LogP contribution in [-0.4, -0.2) is 4.98 Å². The van der Waals surface area contributed by atoms with Crippen LogP contribution >= 0.6 is 11.6 Å². The Morgan fingerprint density at radius 2 is 2.23 bits per heavy atom. The minimum atomic E-state index is -2.70. The maximum Gasteiger partial charge on any atom is 0.265 e. The van der Waals surface area contributed by atoms with Crippen molar-refractivity contribution in [3.05, 3.63) is 28.0 Å². The number of aromatic nitrogens is 1. The second-order valence-corrected chi connectivity index (χ2v) is 2.77. The Hall–Kier alpha value is -1.21. The van der Waals surface area contributed by atoms with Crippen LogP contribution in [-0.2, 0) is 0 Å². The molecule has 1 aromatic heterocycles. The number of alkyl halides is 2. The van der Waals surface area contributed by atoms with Crippen molar-refractivity contribution in [2.75, 3.05) is 0 Å². The summed E-state index contributed by atoms with van der Waals surface area (Å²) in [6.07, 6.45) is -1.65. The Morgan fingerprint density at radius 1 is 1.62 bits per heavy atom. The van der Waals surface area contributed by atoms with Crippen LogP contribution in [0.15, 0.2) is 6.20 Å². The molecule has 0 aliphatic rings. The molecule has 1 rings (SSSR count). The first-order valence-corrected chi connectivity index (χ1v) is 3.79. The van der Waals surface area contributed by atoms with Crippen LogP contribution in [0.25, 0.3) is 0 Å². The fourth-order valence-electron chi connectivity index (χ4n) is 0.971. The van der Waals surface area contributed by atoms with Crippen LogP contribution in [0.1, 0.15) is 23.1 Å². The second kappa shape index (κ2) is 3.67. The summed E-state index contributed by atoms with van der Waals surface area (Å²) in [4.78, 5) is 3.60. The van der Waals surface area contributed by atoms with Gasteiger partial charge in [-0.1, -0.05) is 11.6 Å². The van der Waals surface area contributed by atoms with Gasteiger partial charge in [0.05, 0.1) is 5.56 Å². The van der Waals surface area contributed by atoms with Gasteiger partial charge in [-0.3, -0.25) is 0 Å². The maximum atomic E-state index is 12.4. The topological polar surface area (TPSA) is 36.7 Å². The monoisotopic (exact) mass is 202 g/mol. The highest BCUT2D eigenvalue weighted by Crippen LogP contribution is 2.28. The van der Waals surface area contributed by atoms with Crippen molar-refractivity contribution >= 4 is 11.6 Å². The zero-order valence-electron chi connectivity index (χ0n) is 6.68. The number of hydrogen-bond acceptors (Lipinski definition) is 2. The molecule has 0 saturated heterocycles. The third-order valence-corrected chi connectivity index (χ3v) is 2.03. The zero-order valence-corrected chi connectivity index (χ0v) is 7.44. The lowest BCUT2D eigenvalue weighted by molar-refractivity contribution is 0.150. The number of rotatable bonds is 1. The van der Waals surface area contributed by atoms with Crippen molar-refractivity contribution in [2.45, 2.75) is 13.3 Å². The Balaban J connectivity index is 3.43. The van der Waals surface area contributed by atoms with Crippen molar-refractivity contribution in [3.8, 4) is 6.07 Å². The molecule has 0 radical (unpaired) electrons. The largest absolute Gasteiger partial charge is 0.265 e. The van der Waals surface area contributed by atoms with Gasteiger partial charge < -0.3 is 0 Å². The normalized spacial score (nSPS) is 10.2. The minimum absolute atomic E-state index is 0.00861. The predicted octanol–water partition coefficient (Wildman–Crippen LogP) is 2.85. The molecular weight excluding hydrogens is 198 g/mol. The molecule has 0 unspecified atom stereocenters. The molecule has 13 heavy (non-hydrogen) atoms.